The Morgan fingerprint density at radius 3 is 2.35 bits per heavy atom. The van der Waals surface area contributed by atoms with Gasteiger partial charge in [0.2, 0.25) is 0 Å². The minimum absolute atomic E-state index is 0.576. The molecule has 0 saturated heterocycles. The minimum atomic E-state index is 0.576. The van der Waals surface area contributed by atoms with Crippen LogP contribution in [-0.2, 0) is 6.61 Å². The monoisotopic (exact) mass is 424 g/mol. The molecule has 4 aromatic rings. The van der Waals surface area contributed by atoms with Crippen molar-refractivity contribution in [3.8, 4) is 21.9 Å². The summed E-state index contributed by atoms with van der Waals surface area (Å²) >= 11 is 5.51. The molecule has 0 aliphatic heterocycles. The van der Waals surface area contributed by atoms with Gasteiger partial charge in [0, 0.05) is 19.4 Å². The molecule has 3 aromatic carbocycles. The number of ether oxygens (including phenoxy) is 2. The lowest BCUT2D eigenvalue weighted by Gasteiger charge is -2.07. The van der Waals surface area contributed by atoms with Crippen LogP contribution in [0.5, 0.6) is 11.5 Å². The fraction of sp³-hybridized carbons (Fsp3) is 0.0909. The summed E-state index contributed by atoms with van der Waals surface area (Å²) in [5.74, 6) is 1.75. The second-order valence-electron chi connectivity index (χ2n) is 5.91. The van der Waals surface area contributed by atoms with E-state index in [1.807, 2.05) is 36.4 Å². The minimum Gasteiger partial charge on any atom is -0.497 e. The van der Waals surface area contributed by atoms with Crippen molar-refractivity contribution in [1.82, 2.24) is 0 Å². The van der Waals surface area contributed by atoms with Crippen molar-refractivity contribution in [1.29, 1.82) is 0 Å². The molecule has 0 spiro atoms. The summed E-state index contributed by atoms with van der Waals surface area (Å²) in [5, 5.41) is 1.20. The number of benzene rings is 3. The molecule has 0 N–H and O–H groups in total. The molecule has 0 radical (unpaired) electrons. The van der Waals surface area contributed by atoms with Crippen LogP contribution in [0, 0.1) is 0 Å². The topological polar surface area (TPSA) is 18.5 Å². The van der Waals surface area contributed by atoms with E-state index in [1.165, 1.54) is 20.5 Å². The predicted molar refractivity (Wildman–Crippen MR) is 112 cm³/mol. The van der Waals surface area contributed by atoms with Crippen LogP contribution in [0.2, 0.25) is 0 Å². The molecule has 0 aliphatic carbocycles. The average Bonchev–Trinajstić information content (AvgIpc) is 3.03. The summed E-state index contributed by atoms with van der Waals surface area (Å²) in [6, 6.07) is 24.6. The third kappa shape index (κ3) is 3.48. The van der Waals surface area contributed by atoms with Gasteiger partial charge in [0.15, 0.2) is 0 Å². The maximum absolute atomic E-state index is 5.88. The van der Waals surface area contributed by atoms with E-state index in [-0.39, 0.29) is 0 Å². The fourth-order valence-electron chi connectivity index (χ4n) is 2.80. The smallest absolute Gasteiger partial charge is 0.120 e. The van der Waals surface area contributed by atoms with Crippen molar-refractivity contribution in [3.05, 3.63) is 82.8 Å². The van der Waals surface area contributed by atoms with Gasteiger partial charge in [0.1, 0.15) is 18.1 Å². The molecular formula is C22H17BrO2S. The van der Waals surface area contributed by atoms with Crippen LogP contribution in [-0.4, -0.2) is 7.11 Å². The van der Waals surface area contributed by atoms with Gasteiger partial charge in [0.25, 0.3) is 0 Å². The Kier molecular flexibility index (Phi) is 4.96. The van der Waals surface area contributed by atoms with Crippen molar-refractivity contribution >= 4 is 37.4 Å². The van der Waals surface area contributed by atoms with Crippen LogP contribution < -0.4 is 9.47 Å². The van der Waals surface area contributed by atoms with Crippen molar-refractivity contribution in [2.45, 2.75) is 6.61 Å². The fourth-order valence-corrected chi connectivity index (χ4v) is 4.88. The van der Waals surface area contributed by atoms with Gasteiger partial charge in [-0.3, -0.25) is 0 Å². The first-order chi connectivity index (χ1) is 12.7. The molecule has 0 amide bonds. The van der Waals surface area contributed by atoms with E-state index in [1.54, 1.807) is 18.4 Å². The normalized spacial score (nSPS) is 10.8. The lowest BCUT2D eigenvalue weighted by molar-refractivity contribution is 0.306. The summed E-state index contributed by atoms with van der Waals surface area (Å²) < 4.78 is 13.5. The van der Waals surface area contributed by atoms with Gasteiger partial charge < -0.3 is 9.47 Å². The van der Waals surface area contributed by atoms with Crippen LogP contribution in [0.3, 0.4) is 0 Å². The van der Waals surface area contributed by atoms with Gasteiger partial charge in [-0.25, -0.2) is 0 Å². The molecule has 130 valence electrons. The van der Waals surface area contributed by atoms with Crippen LogP contribution in [0.15, 0.2) is 77.3 Å². The molecule has 0 fully saturated rings. The lowest BCUT2D eigenvalue weighted by atomic mass is 10.1. The highest BCUT2D eigenvalue weighted by molar-refractivity contribution is 9.10. The largest absolute Gasteiger partial charge is 0.497 e. The summed E-state index contributed by atoms with van der Waals surface area (Å²) in [7, 11) is 1.69. The standard InChI is InChI=1S/C22H17BrO2S/c1-24-18-11-12-19-20(13-18)26-22(21(19)23)16-7-9-17(10-8-16)25-14-15-5-3-2-4-6-15/h2-13H,14H2,1H3. The number of methoxy groups -OCH3 is 1. The second-order valence-corrected chi connectivity index (χ2v) is 7.75. The van der Waals surface area contributed by atoms with Gasteiger partial charge >= 0.3 is 0 Å². The molecule has 2 nitrogen and oxygen atoms in total. The predicted octanol–water partition coefficient (Wildman–Crippen LogP) is 6.92. The zero-order valence-corrected chi connectivity index (χ0v) is 16.6. The molecule has 26 heavy (non-hydrogen) atoms. The van der Waals surface area contributed by atoms with Gasteiger partial charge in [0.05, 0.1) is 7.11 Å². The Morgan fingerprint density at radius 1 is 0.885 bits per heavy atom. The first-order valence-corrected chi connectivity index (χ1v) is 9.89. The third-order valence-electron chi connectivity index (χ3n) is 4.20. The first-order valence-electron chi connectivity index (χ1n) is 8.28. The molecule has 4 rings (SSSR count). The second kappa shape index (κ2) is 7.52. The van der Waals surface area contributed by atoms with E-state index in [4.69, 9.17) is 9.47 Å². The van der Waals surface area contributed by atoms with Crippen LogP contribution in [0.4, 0.5) is 0 Å². The van der Waals surface area contributed by atoms with Crippen LogP contribution >= 0.6 is 27.3 Å². The summed E-state index contributed by atoms with van der Waals surface area (Å²) in [6.07, 6.45) is 0. The Hall–Kier alpha value is -2.30. The molecule has 0 bridgehead atoms. The number of hydrogen-bond acceptors (Lipinski definition) is 3. The zero-order valence-electron chi connectivity index (χ0n) is 14.2. The van der Waals surface area contributed by atoms with Crippen LogP contribution in [0.1, 0.15) is 5.56 Å². The summed E-state index contributed by atoms with van der Waals surface area (Å²) in [4.78, 5) is 1.21. The lowest BCUT2D eigenvalue weighted by Crippen LogP contribution is -1.94. The van der Waals surface area contributed by atoms with Crippen molar-refractivity contribution < 1.29 is 9.47 Å². The SMILES string of the molecule is COc1ccc2c(Br)c(-c3ccc(OCc4ccccc4)cc3)sc2c1. The highest BCUT2D eigenvalue weighted by atomic mass is 79.9. The van der Waals surface area contributed by atoms with E-state index in [0.717, 1.165) is 21.5 Å². The van der Waals surface area contributed by atoms with Crippen molar-refractivity contribution in [2.75, 3.05) is 7.11 Å². The highest BCUT2D eigenvalue weighted by Crippen LogP contribution is 2.43. The third-order valence-corrected chi connectivity index (χ3v) is 6.49. The highest BCUT2D eigenvalue weighted by Gasteiger charge is 2.12. The maximum atomic E-state index is 5.88. The molecule has 0 atom stereocenters. The first kappa shape index (κ1) is 17.1. The molecule has 4 heteroatoms. The van der Waals surface area contributed by atoms with Crippen molar-refractivity contribution in [2.24, 2.45) is 0 Å². The van der Waals surface area contributed by atoms with Crippen LogP contribution in [0.25, 0.3) is 20.5 Å². The molecule has 1 aromatic heterocycles. The Labute approximate surface area is 165 Å². The van der Waals surface area contributed by atoms with E-state index < -0.39 is 0 Å². The van der Waals surface area contributed by atoms with Gasteiger partial charge in [-0.2, -0.15) is 0 Å². The van der Waals surface area contributed by atoms with E-state index in [2.05, 4.69) is 52.3 Å². The molecule has 0 aliphatic rings. The number of hydrogen-bond donors (Lipinski definition) is 0. The molecule has 1 heterocycles. The van der Waals surface area contributed by atoms with Gasteiger partial charge in [-0.1, -0.05) is 30.3 Å². The molecule has 0 unspecified atom stereocenters. The summed E-state index contributed by atoms with van der Waals surface area (Å²) in [5.41, 5.74) is 2.34. The number of fused-ring (bicyclic) bond motifs is 1. The van der Waals surface area contributed by atoms with E-state index in [9.17, 15) is 0 Å². The molecule has 0 saturated carbocycles. The van der Waals surface area contributed by atoms with E-state index in [0.29, 0.717) is 6.61 Å². The Bertz CT molecular complexity index is 1020. The van der Waals surface area contributed by atoms with Crippen molar-refractivity contribution in [3.63, 3.8) is 0 Å². The number of rotatable bonds is 5. The number of thiophene rings is 1. The zero-order chi connectivity index (χ0) is 17.9. The average molecular weight is 425 g/mol. The number of halogens is 1. The maximum Gasteiger partial charge on any atom is 0.120 e. The Balaban J connectivity index is 1.56. The Morgan fingerprint density at radius 2 is 1.62 bits per heavy atom. The van der Waals surface area contributed by atoms with Gasteiger partial charge in [-0.15, -0.1) is 11.3 Å². The van der Waals surface area contributed by atoms with E-state index >= 15 is 0 Å². The van der Waals surface area contributed by atoms with Gasteiger partial charge in [-0.05, 0) is 69.5 Å². The summed E-state index contributed by atoms with van der Waals surface area (Å²) in [6.45, 7) is 0.576. The quantitative estimate of drug-likeness (QED) is 0.346. The molecular weight excluding hydrogens is 408 g/mol.